The fraction of sp³-hybridized carbons (Fsp3) is 0.419. The van der Waals surface area contributed by atoms with Crippen LogP contribution in [-0.2, 0) is 28.0 Å². The van der Waals surface area contributed by atoms with Crippen molar-refractivity contribution in [2.45, 2.75) is 77.9 Å². The first kappa shape index (κ1) is 27.6. The molecule has 1 N–H and O–H groups in total. The van der Waals surface area contributed by atoms with Crippen LogP contribution < -0.4 is 10.1 Å². The smallest absolute Gasteiger partial charge is 0.132 e. The van der Waals surface area contributed by atoms with Crippen molar-refractivity contribution in [3.63, 3.8) is 0 Å². The van der Waals surface area contributed by atoms with Crippen LogP contribution in [0, 0.1) is 5.82 Å². The van der Waals surface area contributed by atoms with Gasteiger partial charge < -0.3 is 19.5 Å². The van der Waals surface area contributed by atoms with Crippen LogP contribution in [0.15, 0.2) is 65.1 Å². The van der Waals surface area contributed by atoms with Gasteiger partial charge in [0.2, 0.25) is 0 Å². The molecule has 0 fully saturated rings. The highest BCUT2D eigenvalue weighted by atomic mass is 79.9. The predicted octanol–water partition coefficient (Wildman–Crippen LogP) is 8.33. The van der Waals surface area contributed by atoms with E-state index in [0.717, 1.165) is 17.0 Å². The Balaban J connectivity index is 1.53. The number of hydrogen-bond acceptors (Lipinski definition) is 4. The number of ether oxygens (including phenoxy) is 3. The van der Waals surface area contributed by atoms with Crippen molar-refractivity contribution in [3.05, 3.63) is 93.2 Å². The zero-order valence-corrected chi connectivity index (χ0v) is 24.1. The minimum absolute atomic E-state index is 0.123. The summed E-state index contributed by atoms with van der Waals surface area (Å²) >= 11 is 3.31. The van der Waals surface area contributed by atoms with Gasteiger partial charge in [0.25, 0.3) is 0 Å². The summed E-state index contributed by atoms with van der Waals surface area (Å²) < 4.78 is 34.1. The second-order valence-electron chi connectivity index (χ2n) is 11.1. The van der Waals surface area contributed by atoms with E-state index in [4.69, 9.17) is 14.2 Å². The van der Waals surface area contributed by atoms with Gasteiger partial charge in [-0.15, -0.1) is 0 Å². The Morgan fingerprint density at radius 3 is 2.38 bits per heavy atom. The van der Waals surface area contributed by atoms with E-state index in [2.05, 4.69) is 72.3 Å². The quantitative estimate of drug-likeness (QED) is 0.296. The molecule has 4 nitrogen and oxygen atoms in total. The maximum atomic E-state index is 14.5. The fourth-order valence-electron chi connectivity index (χ4n) is 4.63. The number of benzene rings is 3. The van der Waals surface area contributed by atoms with E-state index in [0.29, 0.717) is 23.2 Å². The van der Waals surface area contributed by atoms with Gasteiger partial charge in [-0.3, -0.25) is 0 Å². The average molecular weight is 571 g/mol. The van der Waals surface area contributed by atoms with Crippen molar-refractivity contribution < 1.29 is 18.6 Å². The average Bonchev–Trinajstić information content (AvgIpc) is 2.83. The van der Waals surface area contributed by atoms with Gasteiger partial charge in [-0.1, -0.05) is 67.0 Å². The third-order valence-electron chi connectivity index (χ3n) is 6.75. The summed E-state index contributed by atoms with van der Waals surface area (Å²) in [6, 6.07) is 19.8. The molecule has 4 rings (SSSR count). The lowest BCUT2D eigenvalue weighted by molar-refractivity contribution is -0.166. The van der Waals surface area contributed by atoms with Crippen molar-refractivity contribution >= 4 is 21.6 Å². The lowest BCUT2D eigenvalue weighted by atomic mass is 9.87. The number of hydrogen-bond donors (Lipinski definition) is 1. The SMILES string of the molecule is CCOC1c2cc(NCc3ccc(C(C)(C)C)cc3)ccc2OC(C)(C)C1OCc1ccc(Br)cc1F. The molecular formula is C31H37BrFNO3. The van der Waals surface area contributed by atoms with Crippen molar-refractivity contribution in [2.24, 2.45) is 0 Å². The summed E-state index contributed by atoms with van der Waals surface area (Å²) in [5, 5.41) is 3.53. The van der Waals surface area contributed by atoms with Gasteiger partial charge >= 0.3 is 0 Å². The van der Waals surface area contributed by atoms with Crippen molar-refractivity contribution in [3.8, 4) is 5.75 Å². The lowest BCUT2D eigenvalue weighted by Crippen LogP contribution is -2.51. The van der Waals surface area contributed by atoms with Gasteiger partial charge in [-0.25, -0.2) is 4.39 Å². The van der Waals surface area contributed by atoms with Gasteiger partial charge in [-0.05, 0) is 67.6 Å². The zero-order chi connectivity index (χ0) is 26.8. The van der Waals surface area contributed by atoms with Crippen molar-refractivity contribution in [2.75, 3.05) is 11.9 Å². The molecule has 0 bridgehead atoms. The first-order valence-electron chi connectivity index (χ1n) is 12.8. The first-order chi connectivity index (χ1) is 17.5. The molecule has 198 valence electrons. The maximum Gasteiger partial charge on any atom is 0.132 e. The Kier molecular flexibility index (Phi) is 8.32. The Hall–Kier alpha value is -2.41. The van der Waals surface area contributed by atoms with E-state index in [1.54, 1.807) is 6.07 Å². The molecule has 1 aliphatic heterocycles. The number of fused-ring (bicyclic) bond motifs is 1. The molecule has 0 radical (unpaired) electrons. The molecular weight excluding hydrogens is 533 g/mol. The lowest BCUT2D eigenvalue weighted by Gasteiger charge is -2.44. The fourth-order valence-corrected chi connectivity index (χ4v) is 4.97. The molecule has 0 spiro atoms. The molecule has 6 heteroatoms. The molecule has 3 aromatic rings. The maximum absolute atomic E-state index is 14.5. The molecule has 2 unspecified atom stereocenters. The van der Waals surface area contributed by atoms with Crippen LogP contribution in [0.2, 0.25) is 0 Å². The van der Waals surface area contributed by atoms with Crippen LogP contribution in [0.25, 0.3) is 0 Å². The van der Waals surface area contributed by atoms with E-state index in [1.165, 1.54) is 17.2 Å². The summed E-state index contributed by atoms with van der Waals surface area (Å²) in [5.41, 5.74) is 4.39. The first-order valence-corrected chi connectivity index (χ1v) is 13.6. The van der Waals surface area contributed by atoms with Crippen LogP contribution >= 0.6 is 15.9 Å². The van der Waals surface area contributed by atoms with Crippen molar-refractivity contribution in [1.29, 1.82) is 0 Å². The van der Waals surface area contributed by atoms with Crippen molar-refractivity contribution in [1.82, 2.24) is 0 Å². The number of halogens is 2. The monoisotopic (exact) mass is 569 g/mol. The van der Waals surface area contributed by atoms with Crippen LogP contribution in [-0.4, -0.2) is 18.3 Å². The second-order valence-corrected chi connectivity index (χ2v) is 12.0. The summed E-state index contributed by atoms with van der Waals surface area (Å²) in [6.07, 6.45) is -0.779. The van der Waals surface area contributed by atoms with E-state index >= 15 is 0 Å². The van der Waals surface area contributed by atoms with Gasteiger partial charge in [-0.2, -0.15) is 0 Å². The van der Waals surface area contributed by atoms with Gasteiger partial charge in [0, 0.05) is 34.4 Å². The molecule has 0 amide bonds. The molecule has 0 aliphatic carbocycles. The third-order valence-corrected chi connectivity index (χ3v) is 7.24. The molecule has 0 saturated heterocycles. The van der Waals surface area contributed by atoms with E-state index in [-0.39, 0.29) is 23.9 Å². The summed E-state index contributed by atoms with van der Waals surface area (Å²) in [7, 11) is 0. The Bertz CT molecular complexity index is 1220. The topological polar surface area (TPSA) is 39.7 Å². The van der Waals surface area contributed by atoms with E-state index in [1.807, 2.05) is 39.0 Å². The number of nitrogens with one attached hydrogen (secondary N) is 1. The predicted molar refractivity (Wildman–Crippen MR) is 151 cm³/mol. The molecule has 2 atom stereocenters. The van der Waals surface area contributed by atoms with Gasteiger partial charge in [0.05, 0.1) is 6.61 Å². The highest BCUT2D eigenvalue weighted by Gasteiger charge is 2.45. The van der Waals surface area contributed by atoms with Gasteiger partial charge in [0.15, 0.2) is 0 Å². The Labute approximate surface area is 228 Å². The normalized spacial score (nSPS) is 18.7. The molecule has 37 heavy (non-hydrogen) atoms. The minimum atomic E-state index is -0.664. The molecule has 0 aromatic heterocycles. The van der Waals surface area contributed by atoms with Crippen LogP contribution in [0.4, 0.5) is 10.1 Å². The standard InChI is InChI=1S/C31H37BrFNO3/c1-7-35-28-25-17-24(34-18-20-8-11-22(12-9-20)30(2,3)4)14-15-27(25)37-31(5,6)29(28)36-19-21-10-13-23(32)16-26(21)33/h8-17,28-29,34H,7,18-19H2,1-6H3. The van der Waals surface area contributed by atoms with E-state index < -0.39 is 11.7 Å². The summed E-state index contributed by atoms with van der Waals surface area (Å²) in [4.78, 5) is 0. The number of rotatable bonds is 8. The van der Waals surface area contributed by atoms with Crippen LogP contribution in [0.1, 0.15) is 69.9 Å². The largest absolute Gasteiger partial charge is 0.485 e. The summed E-state index contributed by atoms with van der Waals surface area (Å²) in [6.45, 7) is 13.9. The highest BCUT2D eigenvalue weighted by Crippen LogP contribution is 2.44. The van der Waals surface area contributed by atoms with Crippen LogP contribution in [0.3, 0.4) is 0 Å². The Morgan fingerprint density at radius 1 is 1.00 bits per heavy atom. The molecule has 1 heterocycles. The third kappa shape index (κ3) is 6.54. The highest BCUT2D eigenvalue weighted by molar-refractivity contribution is 9.10. The Morgan fingerprint density at radius 2 is 1.73 bits per heavy atom. The second kappa shape index (κ2) is 11.1. The summed E-state index contributed by atoms with van der Waals surface area (Å²) in [5.74, 6) is 0.470. The minimum Gasteiger partial charge on any atom is -0.485 e. The molecule has 0 saturated carbocycles. The van der Waals surface area contributed by atoms with E-state index in [9.17, 15) is 4.39 Å². The van der Waals surface area contributed by atoms with Gasteiger partial charge in [0.1, 0.15) is 29.4 Å². The number of anilines is 1. The molecule has 3 aromatic carbocycles. The molecule has 1 aliphatic rings. The van der Waals surface area contributed by atoms with Crippen LogP contribution in [0.5, 0.6) is 5.75 Å². The zero-order valence-electron chi connectivity index (χ0n) is 22.5.